The summed E-state index contributed by atoms with van der Waals surface area (Å²) in [5.41, 5.74) is 3.15. The van der Waals surface area contributed by atoms with Gasteiger partial charge < -0.3 is 19.8 Å². The van der Waals surface area contributed by atoms with Crippen LogP contribution in [0, 0.1) is 0 Å². The molecule has 0 radical (unpaired) electrons. The number of rotatable bonds is 7. The van der Waals surface area contributed by atoms with E-state index in [1.807, 2.05) is 48.7 Å². The van der Waals surface area contributed by atoms with Gasteiger partial charge >= 0.3 is 0 Å². The highest BCUT2D eigenvalue weighted by atomic mass is 16.5. The molecule has 0 aliphatic carbocycles. The molecule has 134 valence electrons. The fourth-order valence-corrected chi connectivity index (χ4v) is 2.77. The van der Waals surface area contributed by atoms with Crippen molar-refractivity contribution in [3.63, 3.8) is 0 Å². The summed E-state index contributed by atoms with van der Waals surface area (Å²) in [4.78, 5) is 15.2. The fourth-order valence-electron chi connectivity index (χ4n) is 2.77. The number of aromatic nitrogens is 1. The van der Waals surface area contributed by atoms with Gasteiger partial charge in [-0.15, -0.1) is 0 Å². The van der Waals surface area contributed by atoms with Gasteiger partial charge in [0.25, 0.3) is 0 Å². The zero-order valence-electron chi connectivity index (χ0n) is 14.9. The van der Waals surface area contributed by atoms with Gasteiger partial charge in [-0.1, -0.05) is 12.1 Å². The third kappa shape index (κ3) is 4.25. The van der Waals surface area contributed by atoms with Crippen molar-refractivity contribution in [2.75, 3.05) is 20.8 Å². The first-order valence-electron chi connectivity index (χ1n) is 8.43. The Morgan fingerprint density at radius 3 is 2.54 bits per heavy atom. The second-order valence-corrected chi connectivity index (χ2v) is 5.87. The Hall–Kier alpha value is -3.21. The van der Waals surface area contributed by atoms with Gasteiger partial charge in [0.15, 0.2) is 0 Å². The van der Waals surface area contributed by atoms with E-state index in [-0.39, 0.29) is 5.91 Å². The number of methoxy groups -OCH3 is 2. The van der Waals surface area contributed by atoms with Crippen LogP contribution in [0.15, 0.2) is 54.7 Å². The average molecular weight is 350 g/mol. The Morgan fingerprint density at radius 1 is 1.08 bits per heavy atom. The molecule has 0 aliphatic rings. The van der Waals surface area contributed by atoms with Crippen LogP contribution >= 0.6 is 0 Å². The molecule has 3 aromatic rings. The van der Waals surface area contributed by atoms with E-state index < -0.39 is 0 Å². The molecule has 1 aromatic heterocycles. The van der Waals surface area contributed by atoms with E-state index in [9.17, 15) is 4.79 Å². The zero-order valence-corrected chi connectivity index (χ0v) is 14.9. The topological polar surface area (TPSA) is 63.3 Å². The number of hydrogen-bond acceptors (Lipinski definition) is 3. The number of benzene rings is 2. The Bertz CT molecular complexity index is 911. The van der Waals surface area contributed by atoms with Gasteiger partial charge in [-0.25, -0.2) is 0 Å². The number of carbonyl (C=O) groups is 1. The number of fused-ring (bicyclic) bond motifs is 1. The van der Waals surface area contributed by atoms with Gasteiger partial charge in [-0.05, 0) is 47.9 Å². The number of nitrogens with one attached hydrogen (secondary N) is 2. The van der Waals surface area contributed by atoms with Gasteiger partial charge in [-0.2, -0.15) is 0 Å². The largest absolute Gasteiger partial charge is 0.497 e. The second-order valence-electron chi connectivity index (χ2n) is 5.87. The van der Waals surface area contributed by atoms with Crippen molar-refractivity contribution >= 4 is 22.9 Å². The third-order valence-corrected chi connectivity index (χ3v) is 4.21. The first-order valence-corrected chi connectivity index (χ1v) is 8.43. The van der Waals surface area contributed by atoms with E-state index in [0.29, 0.717) is 6.54 Å². The SMILES string of the molecule is COc1ccc(C=CC(=O)NCCc2c[nH]c3cc(OC)ccc23)cc1. The molecule has 0 aliphatic heterocycles. The third-order valence-electron chi connectivity index (χ3n) is 4.21. The van der Waals surface area contributed by atoms with Crippen LogP contribution in [-0.4, -0.2) is 31.7 Å². The maximum Gasteiger partial charge on any atom is 0.244 e. The summed E-state index contributed by atoms with van der Waals surface area (Å²) in [7, 11) is 3.28. The first kappa shape index (κ1) is 17.6. The first-order chi connectivity index (χ1) is 12.7. The molecule has 0 saturated carbocycles. The summed E-state index contributed by atoms with van der Waals surface area (Å²) in [5.74, 6) is 1.51. The maximum atomic E-state index is 12.0. The highest BCUT2D eigenvalue weighted by Gasteiger charge is 2.05. The Balaban J connectivity index is 1.52. The van der Waals surface area contributed by atoms with Crippen LogP contribution in [-0.2, 0) is 11.2 Å². The molecule has 3 rings (SSSR count). The standard InChI is InChI=1S/C21H22N2O3/c1-25-17-6-3-15(4-7-17)5-10-21(24)22-12-11-16-14-23-20-13-18(26-2)8-9-19(16)20/h3-10,13-14,23H,11-12H2,1-2H3,(H,22,24). The van der Waals surface area contributed by atoms with Crippen molar-refractivity contribution in [1.29, 1.82) is 0 Å². The number of aromatic amines is 1. The van der Waals surface area contributed by atoms with E-state index in [1.54, 1.807) is 26.4 Å². The lowest BCUT2D eigenvalue weighted by molar-refractivity contribution is -0.116. The number of amides is 1. The van der Waals surface area contributed by atoms with Crippen LogP contribution in [0.2, 0.25) is 0 Å². The number of carbonyl (C=O) groups excluding carboxylic acids is 1. The van der Waals surface area contributed by atoms with Crippen LogP contribution in [0.4, 0.5) is 0 Å². The fraction of sp³-hybridized carbons (Fsp3) is 0.190. The second kappa shape index (κ2) is 8.25. The smallest absolute Gasteiger partial charge is 0.244 e. The van der Waals surface area contributed by atoms with E-state index in [1.165, 1.54) is 5.56 Å². The molecule has 2 N–H and O–H groups in total. The van der Waals surface area contributed by atoms with Gasteiger partial charge in [0.1, 0.15) is 11.5 Å². The predicted molar refractivity (Wildman–Crippen MR) is 104 cm³/mol. The Labute approximate surface area is 152 Å². The molecule has 1 heterocycles. The molecule has 2 aromatic carbocycles. The summed E-state index contributed by atoms with van der Waals surface area (Å²) in [6, 6.07) is 13.5. The van der Waals surface area contributed by atoms with Gasteiger partial charge in [-0.3, -0.25) is 4.79 Å². The van der Waals surface area contributed by atoms with Gasteiger partial charge in [0.2, 0.25) is 5.91 Å². The van der Waals surface area contributed by atoms with E-state index in [4.69, 9.17) is 9.47 Å². The lowest BCUT2D eigenvalue weighted by Crippen LogP contribution is -2.23. The number of hydrogen-bond donors (Lipinski definition) is 2. The number of H-pyrrole nitrogens is 1. The molecule has 0 unspecified atom stereocenters. The van der Waals surface area contributed by atoms with E-state index in [2.05, 4.69) is 10.3 Å². The van der Waals surface area contributed by atoms with E-state index >= 15 is 0 Å². The van der Waals surface area contributed by atoms with Crippen LogP contribution in [0.5, 0.6) is 11.5 Å². The summed E-state index contributed by atoms with van der Waals surface area (Å²) in [6.45, 7) is 0.574. The Morgan fingerprint density at radius 2 is 1.81 bits per heavy atom. The molecule has 5 nitrogen and oxygen atoms in total. The van der Waals surface area contributed by atoms with Gasteiger partial charge in [0, 0.05) is 35.8 Å². The highest BCUT2D eigenvalue weighted by Crippen LogP contribution is 2.23. The quantitative estimate of drug-likeness (QED) is 0.641. The van der Waals surface area contributed by atoms with Crippen molar-refractivity contribution in [3.8, 4) is 11.5 Å². The average Bonchev–Trinajstić information content (AvgIpc) is 3.09. The molecule has 26 heavy (non-hydrogen) atoms. The molecule has 5 heteroatoms. The van der Waals surface area contributed by atoms with Crippen LogP contribution in [0.25, 0.3) is 17.0 Å². The molecular weight excluding hydrogens is 328 g/mol. The minimum absolute atomic E-state index is 0.109. The monoisotopic (exact) mass is 350 g/mol. The molecule has 0 fully saturated rings. The summed E-state index contributed by atoms with van der Waals surface area (Å²) >= 11 is 0. The lowest BCUT2D eigenvalue weighted by atomic mass is 10.1. The molecule has 0 saturated heterocycles. The van der Waals surface area contributed by atoms with Crippen LogP contribution in [0.3, 0.4) is 0 Å². The zero-order chi connectivity index (χ0) is 18.4. The molecule has 0 spiro atoms. The lowest BCUT2D eigenvalue weighted by Gasteiger charge is -2.03. The van der Waals surface area contributed by atoms with E-state index in [0.717, 1.165) is 34.4 Å². The van der Waals surface area contributed by atoms with Crippen molar-refractivity contribution < 1.29 is 14.3 Å². The predicted octanol–water partition coefficient (Wildman–Crippen LogP) is 3.56. The summed E-state index contributed by atoms with van der Waals surface area (Å²) < 4.78 is 10.3. The molecular formula is C21H22N2O3. The van der Waals surface area contributed by atoms with Crippen molar-refractivity contribution in [3.05, 3.63) is 65.9 Å². The Kier molecular flexibility index (Phi) is 5.59. The molecule has 1 amide bonds. The summed E-state index contributed by atoms with van der Waals surface area (Å²) in [5, 5.41) is 4.06. The molecule has 0 atom stereocenters. The summed E-state index contributed by atoms with van der Waals surface area (Å²) in [6.07, 6.45) is 6.06. The molecule has 0 bridgehead atoms. The highest BCUT2D eigenvalue weighted by molar-refractivity contribution is 5.91. The van der Waals surface area contributed by atoms with Crippen molar-refractivity contribution in [2.45, 2.75) is 6.42 Å². The van der Waals surface area contributed by atoms with Crippen molar-refractivity contribution in [2.24, 2.45) is 0 Å². The maximum absolute atomic E-state index is 12.0. The van der Waals surface area contributed by atoms with Crippen LogP contribution < -0.4 is 14.8 Å². The minimum atomic E-state index is -0.109. The minimum Gasteiger partial charge on any atom is -0.497 e. The van der Waals surface area contributed by atoms with Crippen LogP contribution in [0.1, 0.15) is 11.1 Å². The number of ether oxygens (including phenoxy) is 2. The van der Waals surface area contributed by atoms with Crippen molar-refractivity contribution in [1.82, 2.24) is 10.3 Å². The van der Waals surface area contributed by atoms with Gasteiger partial charge in [0.05, 0.1) is 14.2 Å². The normalized spacial score (nSPS) is 11.0.